The van der Waals surface area contributed by atoms with Gasteiger partial charge in [0.15, 0.2) is 5.16 Å². The second-order valence-corrected chi connectivity index (χ2v) is 9.76. The normalized spacial score (nSPS) is 14.2. The largest absolute Gasteiger partial charge is 0.287 e. The summed E-state index contributed by atoms with van der Waals surface area (Å²) in [6.45, 7) is 5.14. The van der Waals surface area contributed by atoms with Crippen molar-refractivity contribution in [3.05, 3.63) is 38.8 Å². The summed E-state index contributed by atoms with van der Waals surface area (Å²) in [5.74, 6) is 1.33. The second-order valence-electron chi connectivity index (χ2n) is 7.74. The van der Waals surface area contributed by atoms with Crippen molar-refractivity contribution in [2.24, 2.45) is 13.0 Å². The van der Waals surface area contributed by atoms with Crippen molar-refractivity contribution in [2.45, 2.75) is 63.4 Å². The van der Waals surface area contributed by atoms with Crippen molar-refractivity contribution in [3.8, 4) is 0 Å². The lowest BCUT2D eigenvalue weighted by molar-refractivity contribution is 0.481. The zero-order chi connectivity index (χ0) is 19.0. The average Bonchev–Trinajstić information content (AvgIpc) is 3.22. The first-order chi connectivity index (χ1) is 13.0. The van der Waals surface area contributed by atoms with E-state index in [2.05, 4.69) is 18.9 Å². The minimum absolute atomic E-state index is 0.161. The van der Waals surface area contributed by atoms with Crippen LogP contribution >= 0.6 is 23.1 Å². The first-order valence-corrected chi connectivity index (χ1v) is 11.5. The number of hydrogen-bond donors (Lipinski definition) is 0. The van der Waals surface area contributed by atoms with Crippen LogP contribution in [0.3, 0.4) is 0 Å². The molecule has 0 bridgehead atoms. The zero-order valence-electron chi connectivity index (χ0n) is 16.2. The van der Waals surface area contributed by atoms with Gasteiger partial charge in [0.05, 0.1) is 11.6 Å². The van der Waals surface area contributed by atoms with Crippen LogP contribution in [0, 0.1) is 5.92 Å². The number of rotatable bonds is 6. The Bertz CT molecular complexity index is 1020. The molecule has 3 heterocycles. The highest BCUT2D eigenvalue weighted by atomic mass is 32.2. The van der Waals surface area contributed by atoms with E-state index >= 15 is 0 Å². The molecule has 0 spiro atoms. The highest BCUT2D eigenvalue weighted by Crippen LogP contribution is 2.35. The monoisotopic (exact) mass is 402 g/mol. The van der Waals surface area contributed by atoms with E-state index in [0.717, 1.165) is 52.5 Å². The fourth-order valence-corrected chi connectivity index (χ4v) is 5.85. The van der Waals surface area contributed by atoms with Crippen molar-refractivity contribution in [1.82, 2.24) is 19.3 Å². The predicted molar refractivity (Wildman–Crippen MR) is 113 cm³/mol. The minimum Gasteiger partial charge on any atom is -0.287 e. The third kappa shape index (κ3) is 3.85. The number of nitrogens with zero attached hydrogens (tertiary/aromatic N) is 4. The summed E-state index contributed by atoms with van der Waals surface area (Å²) in [5.41, 5.74) is 2.59. The van der Waals surface area contributed by atoms with Crippen LogP contribution in [0.1, 0.15) is 49.1 Å². The summed E-state index contributed by atoms with van der Waals surface area (Å²) in [7, 11) is 1.92. The first kappa shape index (κ1) is 18.7. The lowest BCUT2D eigenvalue weighted by atomic mass is 9.97. The molecule has 3 aromatic heterocycles. The van der Waals surface area contributed by atoms with E-state index in [9.17, 15) is 4.79 Å². The molecule has 0 aromatic carbocycles. The standard InChI is InChI=1S/C20H26N4OS2/c1-13(2)8-9-24-19(25)17-15-6-4-5-7-16(15)27-18(17)22-20(24)26-12-14-10-21-23(3)11-14/h10-11,13H,4-9,12H2,1-3H3. The fourth-order valence-electron chi connectivity index (χ4n) is 3.61. The Morgan fingerprint density at radius 2 is 2.11 bits per heavy atom. The minimum atomic E-state index is 0.161. The molecule has 27 heavy (non-hydrogen) atoms. The molecule has 3 aromatic rings. The highest BCUT2D eigenvalue weighted by Gasteiger charge is 2.22. The zero-order valence-corrected chi connectivity index (χ0v) is 17.8. The van der Waals surface area contributed by atoms with Crippen LogP contribution in [0.2, 0.25) is 0 Å². The van der Waals surface area contributed by atoms with Crippen molar-refractivity contribution >= 4 is 33.3 Å². The Kier molecular flexibility index (Phi) is 5.41. The van der Waals surface area contributed by atoms with E-state index < -0.39 is 0 Å². The molecule has 0 atom stereocenters. The molecule has 0 aliphatic heterocycles. The van der Waals surface area contributed by atoms with Gasteiger partial charge >= 0.3 is 0 Å². The number of hydrogen-bond acceptors (Lipinski definition) is 5. The summed E-state index contributed by atoms with van der Waals surface area (Å²) in [6.07, 6.45) is 9.42. The Hall–Kier alpha value is -1.60. The molecule has 5 nitrogen and oxygen atoms in total. The van der Waals surface area contributed by atoms with E-state index in [1.807, 2.05) is 28.7 Å². The first-order valence-electron chi connectivity index (χ1n) is 9.68. The molecule has 0 saturated carbocycles. The molecule has 7 heteroatoms. The van der Waals surface area contributed by atoms with Gasteiger partial charge in [0.1, 0.15) is 4.83 Å². The van der Waals surface area contributed by atoms with E-state index in [1.54, 1.807) is 23.1 Å². The lowest BCUT2D eigenvalue weighted by Gasteiger charge is -2.14. The van der Waals surface area contributed by atoms with Crippen molar-refractivity contribution in [3.63, 3.8) is 0 Å². The van der Waals surface area contributed by atoms with Gasteiger partial charge in [0.25, 0.3) is 5.56 Å². The van der Waals surface area contributed by atoms with Gasteiger partial charge in [-0.3, -0.25) is 14.0 Å². The van der Waals surface area contributed by atoms with Crippen LogP contribution in [0.25, 0.3) is 10.2 Å². The van der Waals surface area contributed by atoms with E-state index in [4.69, 9.17) is 4.98 Å². The molecule has 1 aliphatic rings. The number of fused-ring (bicyclic) bond motifs is 3. The molecule has 0 N–H and O–H groups in total. The predicted octanol–water partition coefficient (Wildman–Crippen LogP) is 4.41. The van der Waals surface area contributed by atoms with Crippen molar-refractivity contribution in [1.29, 1.82) is 0 Å². The SMILES string of the molecule is CC(C)CCn1c(SCc2cnn(C)c2)nc2sc3c(c2c1=O)CCCC3. The van der Waals surface area contributed by atoms with Crippen LogP contribution in [0.15, 0.2) is 22.3 Å². The van der Waals surface area contributed by atoms with Crippen LogP contribution < -0.4 is 5.56 Å². The fraction of sp³-hybridized carbons (Fsp3) is 0.550. The van der Waals surface area contributed by atoms with Crippen molar-refractivity contribution < 1.29 is 0 Å². The summed E-state index contributed by atoms with van der Waals surface area (Å²) >= 11 is 3.38. The van der Waals surface area contributed by atoms with Gasteiger partial charge in [0, 0.05) is 36.0 Å². The molecule has 0 saturated heterocycles. The summed E-state index contributed by atoms with van der Waals surface area (Å²) in [6, 6.07) is 0. The van der Waals surface area contributed by atoms with Crippen LogP contribution in [-0.2, 0) is 32.2 Å². The van der Waals surface area contributed by atoms with Crippen LogP contribution in [0.4, 0.5) is 0 Å². The lowest BCUT2D eigenvalue weighted by Crippen LogP contribution is -2.24. The van der Waals surface area contributed by atoms with Gasteiger partial charge in [0.2, 0.25) is 0 Å². The molecular formula is C20H26N4OS2. The Morgan fingerprint density at radius 1 is 1.30 bits per heavy atom. The van der Waals surface area contributed by atoms with E-state index in [0.29, 0.717) is 5.92 Å². The summed E-state index contributed by atoms with van der Waals surface area (Å²) < 4.78 is 3.73. The Balaban J connectivity index is 1.75. The maximum absolute atomic E-state index is 13.4. The van der Waals surface area contributed by atoms with E-state index in [1.165, 1.54) is 23.3 Å². The maximum Gasteiger partial charge on any atom is 0.263 e. The van der Waals surface area contributed by atoms with Gasteiger partial charge in [-0.2, -0.15) is 5.10 Å². The van der Waals surface area contributed by atoms with Crippen LogP contribution in [-0.4, -0.2) is 19.3 Å². The molecule has 1 aliphatic carbocycles. The molecule has 0 amide bonds. The third-order valence-corrected chi connectivity index (χ3v) is 7.33. The highest BCUT2D eigenvalue weighted by molar-refractivity contribution is 7.98. The molecule has 0 fully saturated rings. The molecule has 0 radical (unpaired) electrons. The number of aryl methyl sites for hydroxylation is 3. The van der Waals surface area contributed by atoms with E-state index in [-0.39, 0.29) is 5.56 Å². The third-order valence-electron chi connectivity index (χ3n) is 5.10. The second kappa shape index (κ2) is 7.80. The van der Waals surface area contributed by atoms with Gasteiger partial charge in [-0.1, -0.05) is 25.6 Å². The van der Waals surface area contributed by atoms with Crippen molar-refractivity contribution in [2.75, 3.05) is 0 Å². The molecule has 0 unspecified atom stereocenters. The smallest absolute Gasteiger partial charge is 0.263 e. The van der Waals surface area contributed by atoms with Crippen LogP contribution in [0.5, 0.6) is 0 Å². The summed E-state index contributed by atoms with van der Waals surface area (Å²) in [5, 5.41) is 5.97. The van der Waals surface area contributed by atoms with Gasteiger partial charge in [-0.25, -0.2) is 4.98 Å². The molecular weight excluding hydrogens is 376 g/mol. The average molecular weight is 403 g/mol. The van der Waals surface area contributed by atoms with Gasteiger partial charge in [-0.15, -0.1) is 11.3 Å². The number of aromatic nitrogens is 4. The summed E-state index contributed by atoms with van der Waals surface area (Å²) in [4.78, 5) is 20.7. The molecule has 144 valence electrons. The topological polar surface area (TPSA) is 52.7 Å². The number of thiophene rings is 1. The Morgan fingerprint density at radius 3 is 2.85 bits per heavy atom. The maximum atomic E-state index is 13.4. The molecule has 4 rings (SSSR count). The van der Waals surface area contributed by atoms with Gasteiger partial charge < -0.3 is 0 Å². The Labute approximate surface area is 167 Å². The quantitative estimate of drug-likeness (QED) is 0.453. The number of thioether (sulfide) groups is 1. The van der Waals surface area contributed by atoms with Gasteiger partial charge in [-0.05, 0) is 43.6 Å².